The summed E-state index contributed by atoms with van der Waals surface area (Å²) in [6.45, 7) is 1.23. The van der Waals surface area contributed by atoms with Crippen LogP contribution in [0.1, 0.15) is 6.92 Å². The van der Waals surface area contributed by atoms with E-state index < -0.39 is 23.4 Å². The Kier molecular flexibility index (Phi) is 4.28. The van der Waals surface area contributed by atoms with Crippen molar-refractivity contribution >= 4 is 17.3 Å². The summed E-state index contributed by atoms with van der Waals surface area (Å²) < 4.78 is 45.4. The monoisotopic (exact) mass is 296 g/mol. The Bertz CT molecular complexity index is 689. The fourth-order valence-electron chi connectivity index (χ4n) is 2.05. The van der Waals surface area contributed by atoms with E-state index in [0.717, 1.165) is 12.1 Å². The number of benzene rings is 2. The fourth-order valence-corrected chi connectivity index (χ4v) is 2.05. The molecule has 0 aliphatic carbocycles. The molecule has 1 unspecified atom stereocenters. The minimum atomic E-state index is -1.60. The molecule has 0 spiro atoms. The van der Waals surface area contributed by atoms with Crippen LogP contribution in [0.15, 0.2) is 36.4 Å². The third-order valence-corrected chi connectivity index (χ3v) is 3.01. The van der Waals surface area contributed by atoms with Crippen molar-refractivity contribution in [1.29, 1.82) is 0 Å². The summed E-state index contributed by atoms with van der Waals surface area (Å²) in [4.78, 5) is 11.8. The average molecular weight is 296 g/mol. The van der Waals surface area contributed by atoms with Crippen molar-refractivity contribution in [2.24, 2.45) is 0 Å². The van der Waals surface area contributed by atoms with Crippen molar-refractivity contribution in [2.75, 3.05) is 7.11 Å². The van der Waals surface area contributed by atoms with Crippen LogP contribution in [0.5, 0.6) is 5.75 Å². The quantitative estimate of drug-likeness (QED) is 0.882. The zero-order valence-electron chi connectivity index (χ0n) is 11.4. The van der Waals surface area contributed by atoms with Gasteiger partial charge in [0.2, 0.25) is 11.6 Å². The molecule has 0 aromatic heterocycles. The lowest BCUT2D eigenvalue weighted by atomic mass is 10.2. The molecule has 0 aliphatic rings. The first-order valence-electron chi connectivity index (χ1n) is 6.12. The molecule has 2 rings (SSSR count). The normalized spacial score (nSPS) is 12.0. The Hall–Kier alpha value is -2.34. The number of hydrogen-bond acceptors (Lipinski definition) is 2. The molecule has 0 aliphatic heterocycles. The Balaban J connectivity index is 2.59. The van der Waals surface area contributed by atoms with Gasteiger partial charge in [0.25, 0.3) is 0 Å². The standard InChI is InChI=1S/C15H12F3NO2/c1-9(20)19(10-4-3-5-11(8-10)21-2)13-7-6-12(16)14(17)15(13)18/h3-8H,1-2H3/p+1. The third kappa shape index (κ3) is 2.90. The highest BCUT2D eigenvalue weighted by atomic mass is 19.2. The lowest BCUT2D eigenvalue weighted by Gasteiger charge is -2.16. The van der Waals surface area contributed by atoms with Crippen LogP contribution >= 0.6 is 0 Å². The number of rotatable bonds is 3. The number of hydrogen-bond donors (Lipinski definition) is 1. The summed E-state index contributed by atoms with van der Waals surface area (Å²) in [6.07, 6.45) is 0. The molecule has 6 heteroatoms. The smallest absolute Gasteiger partial charge is 0.319 e. The SMILES string of the molecule is COc1cccc([NH+](C(C)=O)c2ccc(F)c(F)c2F)c1. The van der Waals surface area contributed by atoms with Gasteiger partial charge in [0, 0.05) is 18.2 Å². The minimum absolute atomic E-state index is 0.0368. The maximum absolute atomic E-state index is 13.9. The van der Waals surface area contributed by atoms with Gasteiger partial charge in [0.1, 0.15) is 11.4 Å². The summed E-state index contributed by atoms with van der Waals surface area (Å²) in [7, 11) is 1.45. The predicted octanol–water partition coefficient (Wildman–Crippen LogP) is 2.51. The number of amides is 1. The molecule has 1 amide bonds. The number of carbonyl (C=O) groups excluding carboxylic acids is 1. The maximum Gasteiger partial charge on any atom is 0.319 e. The predicted molar refractivity (Wildman–Crippen MR) is 70.3 cm³/mol. The van der Waals surface area contributed by atoms with Crippen LogP contribution in [0.25, 0.3) is 0 Å². The van der Waals surface area contributed by atoms with E-state index in [9.17, 15) is 18.0 Å². The van der Waals surface area contributed by atoms with Crippen LogP contribution in [-0.4, -0.2) is 13.0 Å². The first-order chi connectivity index (χ1) is 9.95. The van der Waals surface area contributed by atoms with Crippen LogP contribution in [0.2, 0.25) is 0 Å². The van der Waals surface area contributed by atoms with E-state index in [1.807, 2.05) is 0 Å². The third-order valence-electron chi connectivity index (χ3n) is 3.01. The van der Waals surface area contributed by atoms with Gasteiger partial charge in [-0.1, -0.05) is 6.07 Å². The highest BCUT2D eigenvalue weighted by Gasteiger charge is 2.28. The molecule has 0 bridgehead atoms. The van der Waals surface area contributed by atoms with Gasteiger partial charge in [-0.3, -0.25) is 0 Å². The molecule has 1 N–H and O–H groups in total. The van der Waals surface area contributed by atoms with Gasteiger partial charge in [-0.2, -0.15) is 4.39 Å². The van der Waals surface area contributed by atoms with Gasteiger partial charge >= 0.3 is 5.91 Å². The first-order valence-corrected chi connectivity index (χ1v) is 6.12. The summed E-state index contributed by atoms with van der Waals surface area (Å²) in [5.41, 5.74) is 0.0846. The molecule has 0 radical (unpaired) electrons. The van der Waals surface area contributed by atoms with E-state index in [2.05, 4.69) is 0 Å². The van der Waals surface area contributed by atoms with E-state index in [4.69, 9.17) is 4.74 Å². The molecule has 21 heavy (non-hydrogen) atoms. The number of ether oxygens (including phenoxy) is 1. The number of nitrogens with one attached hydrogen (secondary N) is 1. The first kappa shape index (κ1) is 15.1. The van der Waals surface area contributed by atoms with Gasteiger partial charge in [0.15, 0.2) is 11.5 Å². The van der Waals surface area contributed by atoms with Crippen LogP contribution in [-0.2, 0) is 4.79 Å². The summed E-state index contributed by atoms with van der Waals surface area (Å²) >= 11 is 0. The van der Waals surface area contributed by atoms with Crippen LogP contribution in [0.4, 0.5) is 24.5 Å². The number of quaternary nitrogens is 1. The van der Waals surface area contributed by atoms with Crippen molar-refractivity contribution in [3.8, 4) is 5.75 Å². The fraction of sp³-hybridized carbons (Fsp3) is 0.133. The van der Waals surface area contributed by atoms with E-state index in [1.54, 1.807) is 18.2 Å². The Morgan fingerprint density at radius 2 is 1.81 bits per heavy atom. The van der Waals surface area contributed by atoms with Gasteiger partial charge < -0.3 is 4.74 Å². The van der Waals surface area contributed by atoms with Gasteiger partial charge in [-0.25, -0.2) is 18.5 Å². The maximum atomic E-state index is 13.9. The molecule has 0 saturated heterocycles. The zero-order valence-corrected chi connectivity index (χ0v) is 11.4. The second-order valence-electron chi connectivity index (χ2n) is 4.39. The number of methoxy groups -OCH3 is 1. The van der Waals surface area contributed by atoms with E-state index >= 15 is 0 Å². The van der Waals surface area contributed by atoms with E-state index in [0.29, 0.717) is 11.4 Å². The van der Waals surface area contributed by atoms with Crippen molar-refractivity contribution < 1.29 is 27.6 Å². The molecule has 1 atom stereocenters. The van der Waals surface area contributed by atoms with Gasteiger partial charge in [-0.15, -0.1) is 0 Å². The summed E-state index contributed by atoms with van der Waals surface area (Å²) in [5, 5.41) is 0. The van der Waals surface area contributed by atoms with Gasteiger partial charge in [0.05, 0.1) is 14.0 Å². The Morgan fingerprint density at radius 3 is 2.43 bits per heavy atom. The number of halogens is 3. The van der Waals surface area contributed by atoms with Crippen molar-refractivity contribution in [1.82, 2.24) is 0 Å². The summed E-state index contributed by atoms with van der Waals surface area (Å²) in [5.74, 6) is -4.29. The lowest BCUT2D eigenvalue weighted by molar-refractivity contribution is -0.673. The molecule has 110 valence electrons. The molecule has 0 heterocycles. The Morgan fingerprint density at radius 1 is 1.10 bits per heavy atom. The van der Waals surface area contributed by atoms with Crippen molar-refractivity contribution in [3.05, 3.63) is 53.8 Å². The highest BCUT2D eigenvalue weighted by Crippen LogP contribution is 2.20. The molecular weight excluding hydrogens is 283 g/mol. The largest absolute Gasteiger partial charge is 0.497 e. The van der Waals surface area contributed by atoms with E-state index in [1.165, 1.54) is 20.1 Å². The van der Waals surface area contributed by atoms with Gasteiger partial charge in [-0.05, 0) is 12.1 Å². The molecular formula is C15H13F3NO2+. The van der Waals surface area contributed by atoms with Crippen molar-refractivity contribution in [3.63, 3.8) is 0 Å². The molecule has 0 saturated carbocycles. The minimum Gasteiger partial charge on any atom is -0.497 e. The zero-order chi connectivity index (χ0) is 15.6. The molecule has 2 aromatic carbocycles. The molecule has 3 nitrogen and oxygen atoms in total. The summed E-state index contributed by atoms with van der Waals surface area (Å²) in [6, 6.07) is 8.20. The van der Waals surface area contributed by atoms with Crippen LogP contribution in [0, 0.1) is 17.5 Å². The van der Waals surface area contributed by atoms with Crippen LogP contribution < -0.4 is 9.64 Å². The second-order valence-corrected chi connectivity index (χ2v) is 4.39. The van der Waals surface area contributed by atoms with Crippen LogP contribution in [0.3, 0.4) is 0 Å². The molecule has 2 aromatic rings. The second kappa shape index (κ2) is 5.97. The topological polar surface area (TPSA) is 30.7 Å². The average Bonchev–Trinajstić information content (AvgIpc) is 2.47. The molecule has 0 fully saturated rings. The highest BCUT2D eigenvalue weighted by molar-refractivity contribution is 5.70. The van der Waals surface area contributed by atoms with E-state index in [-0.39, 0.29) is 10.6 Å². The lowest BCUT2D eigenvalue weighted by Crippen LogP contribution is -3.05. The van der Waals surface area contributed by atoms with Crippen molar-refractivity contribution in [2.45, 2.75) is 6.92 Å². The Labute approximate surface area is 119 Å². The number of carbonyl (C=O) groups is 1.